The van der Waals surface area contributed by atoms with E-state index in [2.05, 4.69) is 9.88 Å². The van der Waals surface area contributed by atoms with Crippen molar-refractivity contribution in [3.05, 3.63) is 90.6 Å². The predicted octanol–water partition coefficient (Wildman–Crippen LogP) is 3.80. The van der Waals surface area contributed by atoms with E-state index >= 15 is 0 Å². The number of nitrogens with zero attached hydrogens (tertiary/aromatic N) is 4. The summed E-state index contributed by atoms with van der Waals surface area (Å²) in [6, 6.07) is 24.6. The van der Waals surface area contributed by atoms with Gasteiger partial charge in [-0.05, 0) is 24.3 Å². The van der Waals surface area contributed by atoms with Crippen LogP contribution in [0.5, 0.6) is 0 Å². The summed E-state index contributed by atoms with van der Waals surface area (Å²) in [6.45, 7) is 2.20. The van der Waals surface area contributed by atoms with E-state index in [9.17, 15) is 9.59 Å². The van der Waals surface area contributed by atoms with E-state index in [1.165, 1.54) is 0 Å². The number of para-hydroxylation sites is 1. The van der Waals surface area contributed by atoms with Gasteiger partial charge in [0.2, 0.25) is 0 Å². The zero-order valence-electron chi connectivity index (χ0n) is 18.6. The fourth-order valence-corrected chi connectivity index (χ4v) is 4.12. The summed E-state index contributed by atoms with van der Waals surface area (Å²) in [5.41, 5.74) is 2.69. The third kappa shape index (κ3) is 4.59. The normalized spacial score (nSPS) is 13.6. The van der Waals surface area contributed by atoms with Crippen LogP contribution in [0.1, 0.15) is 10.4 Å². The molecule has 0 aliphatic carbocycles. The van der Waals surface area contributed by atoms with Gasteiger partial charge in [0, 0.05) is 43.3 Å². The molecule has 0 atom stereocenters. The van der Waals surface area contributed by atoms with Crippen molar-refractivity contribution in [2.24, 2.45) is 0 Å². The van der Waals surface area contributed by atoms with Gasteiger partial charge in [0.1, 0.15) is 5.82 Å². The molecule has 1 aliphatic heterocycles. The van der Waals surface area contributed by atoms with Crippen LogP contribution in [0, 0.1) is 0 Å². The molecule has 5 rings (SSSR count). The van der Waals surface area contributed by atoms with E-state index in [-0.39, 0.29) is 12.5 Å². The number of pyridine rings is 2. The molecule has 2 aromatic heterocycles. The molecule has 34 heavy (non-hydrogen) atoms. The average molecular weight is 453 g/mol. The monoisotopic (exact) mass is 452 g/mol. The number of hydrogen-bond acceptors (Lipinski definition) is 6. The Morgan fingerprint density at radius 2 is 1.59 bits per heavy atom. The number of ether oxygens (including phenoxy) is 1. The Labute approximate surface area is 197 Å². The fourth-order valence-electron chi connectivity index (χ4n) is 4.12. The van der Waals surface area contributed by atoms with Crippen LogP contribution in [0.2, 0.25) is 0 Å². The summed E-state index contributed by atoms with van der Waals surface area (Å²) in [7, 11) is 0. The number of amides is 1. The Morgan fingerprint density at radius 3 is 2.35 bits per heavy atom. The van der Waals surface area contributed by atoms with Crippen molar-refractivity contribution in [1.82, 2.24) is 14.9 Å². The molecule has 7 heteroatoms. The number of carbonyl (C=O) groups is 2. The number of esters is 1. The molecule has 1 fully saturated rings. The molecule has 0 bridgehead atoms. The standard InChI is InChI=1S/C27H24N4O3/c32-26(31-16-14-30(15-17-31)25-12-6-7-13-28-25)19-34-27(33)22-18-24(20-8-2-1-3-9-20)29-23-11-5-4-10-21(22)23/h1-13,18H,14-17,19H2. The Hall–Kier alpha value is -4.26. The van der Waals surface area contributed by atoms with Gasteiger partial charge in [0.25, 0.3) is 5.91 Å². The van der Waals surface area contributed by atoms with Gasteiger partial charge in [0.15, 0.2) is 6.61 Å². The lowest BCUT2D eigenvalue weighted by atomic mass is 10.0. The highest BCUT2D eigenvalue weighted by molar-refractivity contribution is 6.05. The Balaban J connectivity index is 1.27. The molecule has 0 saturated carbocycles. The molecule has 1 amide bonds. The first kappa shape index (κ1) is 21.6. The van der Waals surface area contributed by atoms with Crippen LogP contribution in [0.4, 0.5) is 5.82 Å². The molecule has 0 N–H and O–H groups in total. The van der Waals surface area contributed by atoms with Gasteiger partial charge in [-0.2, -0.15) is 0 Å². The number of benzene rings is 2. The number of aromatic nitrogens is 2. The smallest absolute Gasteiger partial charge is 0.339 e. The highest BCUT2D eigenvalue weighted by Gasteiger charge is 2.23. The van der Waals surface area contributed by atoms with E-state index in [0.717, 1.165) is 11.4 Å². The van der Waals surface area contributed by atoms with Crippen molar-refractivity contribution >= 4 is 28.6 Å². The van der Waals surface area contributed by atoms with E-state index in [4.69, 9.17) is 9.72 Å². The molecular weight excluding hydrogens is 428 g/mol. The molecule has 4 aromatic rings. The lowest BCUT2D eigenvalue weighted by Gasteiger charge is -2.35. The number of anilines is 1. The summed E-state index contributed by atoms with van der Waals surface area (Å²) >= 11 is 0. The van der Waals surface area contributed by atoms with Crippen LogP contribution in [0.15, 0.2) is 85.1 Å². The molecular formula is C27H24N4O3. The van der Waals surface area contributed by atoms with Gasteiger partial charge >= 0.3 is 5.97 Å². The van der Waals surface area contributed by atoms with Gasteiger partial charge in [-0.3, -0.25) is 4.79 Å². The molecule has 3 heterocycles. The SMILES string of the molecule is O=C(OCC(=O)N1CCN(c2ccccn2)CC1)c1cc(-c2ccccc2)nc2ccccc12. The number of fused-ring (bicyclic) bond motifs is 1. The second-order valence-corrected chi connectivity index (χ2v) is 8.07. The minimum Gasteiger partial charge on any atom is -0.452 e. The van der Waals surface area contributed by atoms with E-state index < -0.39 is 5.97 Å². The average Bonchev–Trinajstić information content (AvgIpc) is 2.92. The maximum absolute atomic E-state index is 13.0. The summed E-state index contributed by atoms with van der Waals surface area (Å²) < 4.78 is 5.47. The highest BCUT2D eigenvalue weighted by Crippen LogP contribution is 2.25. The minimum atomic E-state index is -0.531. The van der Waals surface area contributed by atoms with Crippen molar-refractivity contribution in [2.75, 3.05) is 37.7 Å². The maximum Gasteiger partial charge on any atom is 0.339 e. The summed E-state index contributed by atoms with van der Waals surface area (Å²) in [5.74, 6) is 0.173. The van der Waals surface area contributed by atoms with Gasteiger partial charge in [-0.15, -0.1) is 0 Å². The van der Waals surface area contributed by atoms with Crippen LogP contribution in [-0.4, -0.2) is 59.5 Å². The summed E-state index contributed by atoms with van der Waals surface area (Å²) in [6.07, 6.45) is 1.76. The van der Waals surface area contributed by atoms with Crippen molar-refractivity contribution < 1.29 is 14.3 Å². The van der Waals surface area contributed by atoms with Crippen LogP contribution in [0.3, 0.4) is 0 Å². The predicted molar refractivity (Wildman–Crippen MR) is 130 cm³/mol. The topological polar surface area (TPSA) is 75.6 Å². The molecule has 0 spiro atoms. The molecule has 170 valence electrons. The Kier molecular flexibility index (Phi) is 6.16. The number of carbonyl (C=O) groups excluding carboxylic acids is 2. The van der Waals surface area contributed by atoms with Crippen molar-refractivity contribution in [3.8, 4) is 11.3 Å². The second-order valence-electron chi connectivity index (χ2n) is 8.07. The third-order valence-corrected chi connectivity index (χ3v) is 5.94. The van der Waals surface area contributed by atoms with Gasteiger partial charge < -0.3 is 14.5 Å². The first-order valence-corrected chi connectivity index (χ1v) is 11.2. The molecule has 2 aromatic carbocycles. The van der Waals surface area contributed by atoms with E-state index in [1.54, 1.807) is 17.2 Å². The van der Waals surface area contributed by atoms with Gasteiger partial charge in [-0.1, -0.05) is 54.6 Å². The Morgan fingerprint density at radius 1 is 0.853 bits per heavy atom. The third-order valence-electron chi connectivity index (χ3n) is 5.94. The number of piperazine rings is 1. The molecule has 1 aliphatic rings. The van der Waals surface area contributed by atoms with Crippen molar-refractivity contribution in [1.29, 1.82) is 0 Å². The lowest BCUT2D eigenvalue weighted by molar-refractivity contribution is -0.134. The highest BCUT2D eigenvalue weighted by atomic mass is 16.5. The zero-order chi connectivity index (χ0) is 23.3. The van der Waals surface area contributed by atoms with Crippen LogP contribution < -0.4 is 4.90 Å². The number of hydrogen-bond donors (Lipinski definition) is 0. The van der Waals surface area contributed by atoms with Crippen LogP contribution in [-0.2, 0) is 9.53 Å². The maximum atomic E-state index is 13.0. The molecule has 0 unspecified atom stereocenters. The van der Waals surface area contributed by atoms with E-state index in [0.29, 0.717) is 48.3 Å². The quantitative estimate of drug-likeness (QED) is 0.429. The Bertz CT molecular complexity index is 1300. The van der Waals surface area contributed by atoms with E-state index in [1.807, 2.05) is 72.8 Å². The summed E-state index contributed by atoms with van der Waals surface area (Å²) in [4.78, 5) is 38.7. The van der Waals surface area contributed by atoms with Gasteiger partial charge in [-0.25, -0.2) is 14.8 Å². The fraction of sp³-hybridized carbons (Fsp3) is 0.185. The second kappa shape index (κ2) is 9.70. The molecule has 1 saturated heterocycles. The zero-order valence-corrected chi connectivity index (χ0v) is 18.6. The van der Waals surface area contributed by atoms with Gasteiger partial charge in [0.05, 0.1) is 16.8 Å². The van der Waals surface area contributed by atoms with Crippen LogP contribution in [0.25, 0.3) is 22.2 Å². The molecule has 0 radical (unpaired) electrons. The minimum absolute atomic E-state index is 0.198. The number of rotatable bonds is 5. The molecule has 7 nitrogen and oxygen atoms in total. The van der Waals surface area contributed by atoms with Crippen molar-refractivity contribution in [3.63, 3.8) is 0 Å². The first-order valence-electron chi connectivity index (χ1n) is 11.2. The summed E-state index contributed by atoms with van der Waals surface area (Å²) in [5, 5.41) is 0.698. The largest absolute Gasteiger partial charge is 0.452 e. The first-order chi connectivity index (χ1) is 16.7. The van der Waals surface area contributed by atoms with Crippen molar-refractivity contribution in [2.45, 2.75) is 0 Å². The lowest BCUT2D eigenvalue weighted by Crippen LogP contribution is -2.50. The van der Waals surface area contributed by atoms with Crippen LogP contribution >= 0.6 is 0 Å².